The van der Waals surface area contributed by atoms with Gasteiger partial charge >= 0.3 is 0 Å². The molecule has 4 aromatic rings. The molecule has 3 unspecified atom stereocenters. The van der Waals surface area contributed by atoms with Crippen molar-refractivity contribution in [3.63, 3.8) is 0 Å². The number of ether oxygens (including phenoxy) is 5. The van der Waals surface area contributed by atoms with Crippen LogP contribution in [0.1, 0.15) is 80.9 Å². The minimum Gasteiger partial charge on any atom is -0.497 e. The molecule has 3 atom stereocenters. The molecule has 2 aliphatic rings. The number of carbonyl (C=O) groups is 4. The van der Waals surface area contributed by atoms with E-state index >= 15 is 0 Å². The Kier molecular flexibility index (Phi) is 16.7. The maximum Gasteiger partial charge on any atom is 0.246 e. The fraction of sp³-hybridized carbons (Fsp3) is 0.370. The Balaban J connectivity index is 1.07. The number of hydrogen-bond donors (Lipinski definition) is 2. The smallest absolute Gasteiger partial charge is 0.246 e. The number of nitrogens with zero attached hydrogens (tertiary/aromatic N) is 4. The molecule has 0 fully saturated rings. The molecule has 2 N–H and O–H groups in total. The van der Waals surface area contributed by atoms with E-state index in [9.17, 15) is 19.2 Å². The summed E-state index contributed by atoms with van der Waals surface area (Å²) in [5.41, 5.74) is 6.57. The summed E-state index contributed by atoms with van der Waals surface area (Å²) in [5.74, 6) is 2.52. The largest absolute Gasteiger partial charge is 0.497 e. The average molecular weight is 941 g/mol. The summed E-state index contributed by atoms with van der Waals surface area (Å²) in [4.78, 5) is 60.7. The van der Waals surface area contributed by atoms with E-state index in [0.29, 0.717) is 78.1 Å². The monoisotopic (exact) mass is 940 g/mol. The quantitative estimate of drug-likeness (QED) is 0.0540. The van der Waals surface area contributed by atoms with E-state index in [1.165, 1.54) is 0 Å². The number of methoxy groups -OCH3 is 3. The number of anilines is 1. The Morgan fingerprint density at radius 3 is 1.87 bits per heavy atom. The van der Waals surface area contributed by atoms with Gasteiger partial charge in [-0.1, -0.05) is 52.0 Å². The van der Waals surface area contributed by atoms with Gasteiger partial charge in [-0.15, -0.1) is 0 Å². The molecule has 0 radical (unpaired) electrons. The normalized spacial score (nSPS) is 16.5. The van der Waals surface area contributed by atoms with Gasteiger partial charge in [0.2, 0.25) is 18.7 Å². The first kappa shape index (κ1) is 51.0. The number of carbonyl (C=O) groups excluding carboxylic acids is 4. The second kappa shape index (κ2) is 22.6. The van der Waals surface area contributed by atoms with E-state index in [0.717, 1.165) is 52.7 Å². The zero-order valence-corrected chi connectivity index (χ0v) is 41.2. The van der Waals surface area contributed by atoms with Crippen LogP contribution in [0.3, 0.4) is 0 Å². The van der Waals surface area contributed by atoms with Crippen LogP contribution in [0.2, 0.25) is 0 Å². The van der Waals surface area contributed by atoms with Crippen LogP contribution < -0.4 is 34.3 Å². The molecule has 0 aromatic heterocycles. The molecule has 3 amide bonds. The summed E-state index contributed by atoms with van der Waals surface area (Å²) in [6.45, 7) is 12.9. The number of aldehydes is 1. The number of aryl methyl sites for hydroxylation is 1. The van der Waals surface area contributed by atoms with Gasteiger partial charge in [0.05, 0.1) is 58.0 Å². The highest BCUT2D eigenvalue weighted by Crippen LogP contribution is 2.41. The number of benzene rings is 4. The molecular weight excluding hydrogens is 877 g/mol. The standard InChI is InChI=1S/C54H64N6O9/c1-35-19-48(66-9)50(23-46(35)55-26-44-21-40(28-60(44)34-63)38-13-17-45(65-8)18-14-38)68-31-53(3,4)30-54(5,6)32-69-51-24-47(41(29-61)22-49(51)67-10)56-25-43-20-39(27-59(43)7)37-11-15-42(16-12-37)58-52(64)36(2)57-33-62/h11-19,22-29,33-34,36,43-44H,20-21,30-32H2,1-10H3,(H,57,62)(H,58,64)/b55-26-,56-25-. The zero-order chi connectivity index (χ0) is 49.9. The van der Waals surface area contributed by atoms with Crippen LogP contribution in [-0.4, -0.2) is 107 Å². The summed E-state index contributed by atoms with van der Waals surface area (Å²) in [5, 5.41) is 5.25. The topological polar surface area (TPSA) is 170 Å². The lowest BCUT2D eigenvalue weighted by Gasteiger charge is -2.35. The van der Waals surface area contributed by atoms with Gasteiger partial charge in [-0.25, -0.2) is 0 Å². The van der Waals surface area contributed by atoms with E-state index in [2.05, 4.69) is 49.4 Å². The maximum atomic E-state index is 12.3. The van der Waals surface area contributed by atoms with Crippen LogP contribution in [0.25, 0.3) is 11.1 Å². The lowest BCUT2D eigenvalue weighted by Crippen LogP contribution is -2.37. The van der Waals surface area contributed by atoms with Crippen LogP contribution in [0.15, 0.2) is 95.2 Å². The molecule has 0 saturated heterocycles. The molecular formula is C54H64N6O9. The van der Waals surface area contributed by atoms with Gasteiger partial charge in [0, 0.05) is 61.7 Å². The second-order valence-electron chi connectivity index (χ2n) is 19.0. The molecule has 2 heterocycles. The van der Waals surface area contributed by atoms with Crippen LogP contribution in [0, 0.1) is 17.8 Å². The van der Waals surface area contributed by atoms with Crippen LogP contribution in [-0.2, 0) is 14.4 Å². The number of hydrogen-bond acceptors (Lipinski definition) is 12. The van der Waals surface area contributed by atoms with Crippen molar-refractivity contribution >= 4 is 65.7 Å². The summed E-state index contributed by atoms with van der Waals surface area (Å²) < 4.78 is 29.7. The molecule has 0 bridgehead atoms. The summed E-state index contributed by atoms with van der Waals surface area (Å²) in [7, 11) is 6.76. The SMILES string of the molecule is COc1ccc(C2=CN(C=O)C(/C=N\c3cc(OCC(C)(C)CC(C)(C)COc4cc(/N=C\C5CC(c6ccc(NC(=O)C(C)NC=O)cc6)=CN5C)c(C=O)cc4OC)c(OC)cc3C)C2)cc1. The van der Waals surface area contributed by atoms with Crippen molar-refractivity contribution in [3.8, 4) is 28.7 Å². The van der Waals surface area contributed by atoms with Crippen LogP contribution in [0.4, 0.5) is 17.1 Å². The molecule has 15 heteroatoms. The number of amides is 3. The lowest BCUT2D eigenvalue weighted by atomic mass is 9.76. The van der Waals surface area contributed by atoms with Crippen molar-refractivity contribution < 1.29 is 42.9 Å². The van der Waals surface area contributed by atoms with E-state index < -0.39 is 6.04 Å². The van der Waals surface area contributed by atoms with Crippen molar-refractivity contribution in [2.45, 2.75) is 78.9 Å². The highest BCUT2D eigenvalue weighted by atomic mass is 16.5. The van der Waals surface area contributed by atoms with Gasteiger partial charge in [0.25, 0.3) is 0 Å². The third-order valence-corrected chi connectivity index (χ3v) is 12.1. The first-order valence-electron chi connectivity index (χ1n) is 22.8. The second-order valence-corrected chi connectivity index (χ2v) is 19.0. The Morgan fingerprint density at radius 1 is 0.739 bits per heavy atom. The Bertz CT molecular complexity index is 2600. The first-order chi connectivity index (χ1) is 33.0. The predicted molar refractivity (Wildman–Crippen MR) is 271 cm³/mol. The zero-order valence-electron chi connectivity index (χ0n) is 41.2. The fourth-order valence-electron chi connectivity index (χ4n) is 8.59. The minimum absolute atomic E-state index is 0.0770. The summed E-state index contributed by atoms with van der Waals surface area (Å²) in [6, 6.07) is 21.5. The predicted octanol–water partition coefficient (Wildman–Crippen LogP) is 9.23. The van der Waals surface area contributed by atoms with Gasteiger partial charge in [-0.2, -0.15) is 0 Å². The van der Waals surface area contributed by atoms with Gasteiger partial charge in [-0.3, -0.25) is 29.2 Å². The van der Waals surface area contributed by atoms with Crippen molar-refractivity contribution in [2.24, 2.45) is 20.8 Å². The Morgan fingerprint density at radius 2 is 1.29 bits per heavy atom. The molecule has 6 rings (SSSR count). The Labute approximate surface area is 405 Å². The first-order valence-corrected chi connectivity index (χ1v) is 22.8. The minimum atomic E-state index is -0.654. The number of aliphatic imine (C=N–C) groups is 2. The van der Waals surface area contributed by atoms with Crippen molar-refractivity contribution in [3.05, 3.63) is 107 Å². The molecule has 364 valence electrons. The molecule has 15 nitrogen and oxygen atoms in total. The van der Waals surface area contributed by atoms with E-state index in [1.54, 1.807) is 51.5 Å². The van der Waals surface area contributed by atoms with Crippen molar-refractivity contribution in [1.82, 2.24) is 15.1 Å². The highest BCUT2D eigenvalue weighted by molar-refractivity contribution is 5.95. The lowest BCUT2D eigenvalue weighted by molar-refractivity contribution is -0.120. The van der Waals surface area contributed by atoms with Crippen LogP contribution >= 0.6 is 0 Å². The van der Waals surface area contributed by atoms with Crippen molar-refractivity contribution in [2.75, 3.05) is 46.9 Å². The third-order valence-electron chi connectivity index (χ3n) is 12.1. The van der Waals surface area contributed by atoms with E-state index in [-0.39, 0.29) is 28.8 Å². The van der Waals surface area contributed by atoms with Gasteiger partial charge in [-0.05, 0) is 102 Å². The number of nitrogens with one attached hydrogen (secondary N) is 2. The van der Waals surface area contributed by atoms with E-state index in [4.69, 9.17) is 33.7 Å². The number of rotatable bonds is 23. The summed E-state index contributed by atoms with van der Waals surface area (Å²) in [6.07, 6.45) is 11.7. The Hall–Kier alpha value is -7.42. The molecule has 4 aromatic carbocycles. The molecule has 0 spiro atoms. The van der Waals surface area contributed by atoms with E-state index in [1.807, 2.05) is 87.0 Å². The summed E-state index contributed by atoms with van der Waals surface area (Å²) >= 11 is 0. The van der Waals surface area contributed by atoms with Gasteiger partial charge < -0.3 is 44.1 Å². The molecule has 69 heavy (non-hydrogen) atoms. The molecule has 2 aliphatic heterocycles. The van der Waals surface area contributed by atoms with Crippen LogP contribution in [0.5, 0.6) is 28.7 Å². The van der Waals surface area contributed by atoms with Gasteiger partial charge in [0.1, 0.15) is 11.8 Å². The fourth-order valence-corrected chi connectivity index (χ4v) is 8.59. The highest BCUT2D eigenvalue weighted by Gasteiger charge is 2.32. The average Bonchev–Trinajstić information content (AvgIpc) is 3.94. The molecule has 0 saturated carbocycles. The molecule has 0 aliphatic carbocycles. The maximum absolute atomic E-state index is 12.3. The van der Waals surface area contributed by atoms with Crippen molar-refractivity contribution in [1.29, 1.82) is 0 Å². The van der Waals surface area contributed by atoms with Gasteiger partial charge in [0.15, 0.2) is 29.3 Å². The third kappa shape index (κ3) is 13.2.